The zero-order valence-electron chi connectivity index (χ0n) is 70.0. The zero-order valence-corrected chi connectivity index (χ0v) is 80.7. The Hall–Kier alpha value is -8.54. The van der Waals surface area contributed by atoms with E-state index in [1.165, 1.54) is 47.3 Å². The van der Waals surface area contributed by atoms with Gasteiger partial charge >= 0.3 is 76.5 Å². The van der Waals surface area contributed by atoms with E-state index in [0.717, 1.165) is 85.0 Å². The molecule has 1 fully saturated rings. The van der Waals surface area contributed by atoms with E-state index in [0.29, 0.717) is 77.5 Å². The molecule has 1 atom stereocenters. The van der Waals surface area contributed by atoms with E-state index in [2.05, 4.69) is 126 Å². The van der Waals surface area contributed by atoms with Crippen molar-refractivity contribution in [2.24, 2.45) is 5.73 Å². The van der Waals surface area contributed by atoms with Crippen molar-refractivity contribution in [3.8, 4) is 5.69 Å². The zero-order chi connectivity index (χ0) is 92.0. The molecule has 1 aliphatic rings. The number of H-pyrrole nitrogens is 1. The summed E-state index contributed by atoms with van der Waals surface area (Å²) in [5.41, 5.74) is 38.0. The minimum absolute atomic E-state index is 0. The summed E-state index contributed by atoms with van der Waals surface area (Å²) >= 11 is 56.9. The summed E-state index contributed by atoms with van der Waals surface area (Å²) in [4.78, 5) is 127. The Morgan fingerprint density at radius 3 is 1.44 bits per heavy atom. The average molecular weight is 1940 g/mol. The van der Waals surface area contributed by atoms with Crippen molar-refractivity contribution in [3.63, 3.8) is 0 Å². The molecule has 1 aliphatic heterocycles. The van der Waals surface area contributed by atoms with Crippen LogP contribution in [0.3, 0.4) is 0 Å². The van der Waals surface area contributed by atoms with Crippen molar-refractivity contribution >= 4 is 199 Å². The number of pyridine rings is 5. The third-order valence-corrected chi connectivity index (χ3v) is 19.4. The first-order chi connectivity index (χ1) is 57.6. The van der Waals surface area contributed by atoms with Crippen molar-refractivity contribution in [1.29, 1.82) is 0 Å². The molecule has 5 amide bonds. The molecule has 662 valence electrons. The van der Waals surface area contributed by atoms with Crippen LogP contribution in [0.1, 0.15) is 160 Å². The van der Waals surface area contributed by atoms with Gasteiger partial charge in [-0.05, 0) is 133 Å². The minimum Gasteiger partial charge on any atom is -1.00 e. The fourth-order valence-electron chi connectivity index (χ4n) is 10.1. The molecule has 0 unspecified atom stereocenters. The number of imide groups is 1. The van der Waals surface area contributed by atoms with Crippen LogP contribution in [0.5, 0.6) is 0 Å². The summed E-state index contributed by atoms with van der Waals surface area (Å²) in [6.45, 7) is 35.9. The number of nitrogens with two attached hydrogens (primary N) is 5. The summed E-state index contributed by atoms with van der Waals surface area (Å²) in [5, 5.41) is 8.87. The number of urea groups is 1. The largest absolute Gasteiger partial charge is 1.00 e. The Morgan fingerprint density at radius 1 is 0.573 bits per heavy atom. The number of hydrogen-bond acceptors (Lipinski definition) is 25. The first-order valence-corrected chi connectivity index (χ1v) is 40.8. The fourth-order valence-corrected chi connectivity index (χ4v) is 11.8. The average Bonchev–Trinajstić information content (AvgIpc) is 0.751. The molecule has 0 radical (unpaired) electrons. The third-order valence-electron chi connectivity index (χ3n) is 16.2. The molecule has 46 heteroatoms. The predicted octanol–water partition coefficient (Wildman–Crippen LogP) is 11.0. The molecular weight excluding hydrogens is 1850 g/mol. The molecule has 10 aromatic heterocycles. The van der Waals surface area contributed by atoms with Crippen LogP contribution in [0, 0.1) is 0 Å². The van der Waals surface area contributed by atoms with Gasteiger partial charge in [-0.2, -0.15) is 0 Å². The van der Waals surface area contributed by atoms with Gasteiger partial charge < -0.3 is 53.6 Å². The van der Waals surface area contributed by atoms with E-state index >= 15 is 0 Å². The molecule has 11 rings (SSSR count). The monoisotopic (exact) mass is 1930 g/mol. The number of rotatable bonds is 15. The van der Waals surface area contributed by atoms with Crippen LogP contribution in [0.15, 0.2) is 103 Å². The van der Waals surface area contributed by atoms with E-state index in [-0.39, 0.29) is 141 Å². The molecule has 1 saturated heterocycles. The maximum absolute atomic E-state index is 12.5. The van der Waals surface area contributed by atoms with E-state index in [1.807, 2.05) is 80.6 Å². The van der Waals surface area contributed by atoms with Crippen molar-refractivity contribution in [2.45, 2.75) is 146 Å². The van der Waals surface area contributed by atoms with Gasteiger partial charge in [0.15, 0.2) is 16.0 Å². The first-order valence-electron chi connectivity index (χ1n) is 37.1. The summed E-state index contributed by atoms with van der Waals surface area (Å²) < 4.78 is 27.9. The van der Waals surface area contributed by atoms with Crippen molar-refractivity contribution in [3.05, 3.63) is 234 Å². The fraction of sp³-hybridized carbons (Fsp3) is 0.321. The number of carbonyl (C=O) groups excluding carboxylic acids is 4. The molecule has 0 aromatic carbocycles. The minimum atomic E-state index is -2.35. The summed E-state index contributed by atoms with van der Waals surface area (Å²) in [6, 6.07) is 7.37. The SMILES string of the molecule is C=CB(F)F.C=Cc1ncnc(C=C)c1N.CCc1ccnc(CC)c1N.CCc1ccnc(CC)c1NC(=O)NC(=O)c1cc(Cl)c(Cl)nc1Cl.CCc1ncnc(CC)c1-n1c(=O)[nH]c(=O)c2cc(Cl)c(Cl)nc21.CCc1ncnc(CC)c1N.C[C@H]1CN(C(=O)OC(C)(C)C)CCN1.NC(=O)c1cc(Cl)c(Cl)nc1Cl.Nc1c(Cl)ncnc1Cl.[F-].[K+]. The molecular formula is C78H93BCl10F3KN24O7. The van der Waals surface area contributed by atoms with Gasteiger partial charge in [0.2, 0.25) is 0 Å². The molecule has 124 heavy (non-hydrogen) atoms. The van der Waals surface area contributed by atoms with E-state index in [4.69, 9.17) is 149 Å². The van der Waals surface area contributed by atoms with E-state index in [1.54, 1.807) is 29.6 Å². The Labute approximate surface area is 808 Å². The van der Waals surface area contributed by atoms with Gasteiger partial charge in [0, 0.05) is 38.1 Å². The number of carbonyl (C=O) groups is 4. The maximum atomic E-state index is 12.5. The Balaban J connectivity index is 0.000000720. The molecule has 0 aliphatic carbocycles. The van der Waals surface area contributed by atoms with Crippen LogP contribution in [-0.4, -0.2) is 142 Å². The van der Waals surface area contributed by atoms with Gasteiger partial charge in [-0.3, -0.25) is 43.3 Å². The normalized spacial score (nSPS) is 11.4. The quantitative estimate of drug-likeness (QED) is 0.0261. The van der Waals surface area contributed by atoms with E-state index in [9.17, 15) is 37.4 Å². The number of nitrogen functional groups attached to an aromatic ring is 4. The summed E-state index contributed by atoms with van der Waals surface area (Å²) in [6.07, 6.45) is 18.4. The van der Waals surface area contributed by atoms with Gasteiger partial charge in [0.05, 0.1) is 106 Å². The molecule has 0 saturated carbocycles. The predicted molar refractivity (Wildman–Crippen MR) is 488 cm³/mol. The number of aromatic amines is 1. The maximum Gasteiger partial charge on any atom is 1.00 e. The summed E-state index contributed by atoms with van der Waals surface area (Å²) in [7, 11) is -2.35. The number of aryl methyl sites for hydroxylation is 8. The van der Waals surface area contributed by atoms with Gasteiger partial charge in [-0.25, -0.2) is 73.8 Å². The number of amides is 5. The number of anilines is 5. The molecule has 11 heterocycles. The smallest absolute Gasteiger partial charge is 1.00 e. The topological polar surface area (TPSA) is 469 Å². The van der Waals surface area contributed by atoms with Crippen LogP contribution >= 0.6 is 116 Å². The van der Waals surface area contributed by atoms with Crippen LogP contribution in [0.25, 0.3) is 28.9 Å². The van der Waals surface area contributed by atoms with Crippen molar-refractivity contribution in [2.75, 3.05) is 47.9 Å². The Kier molecular flexibility index (Phi) is 52.4. The van der Waals surface area contributed by atoms with Crippen LogP contribution < -0.4 is 112 Å². The number of aromatic nitrogens is 15. The van der Waals surface area contributed by atoms with Crippen molar-refractivity contribution in [1.82, 2.24) is 89.9 Å². The molecule has 10 aromatic rings. The van der Waals surface area contributed by atoms with Crippen LogP contribution in [0.4, 0.5) is 46.7 Å². The molecule has 14 N–H and O–H groups in total. The second-order valence-corrected chi connectivity index (χ2v) is 29.4. The van der Waals surface area contributed by atoms with Gasteiger partial charge in [-0.15, -0.1) is 6.58 Å². The third kappa shape index (κ3) is 35.7. The van der Waals surface area contributed by atoms with Gasteiger partial charge in [0.25, 0.3) is 17.4 Å². The van der Waals surface area contributed by atoms with Crippen LogP contribution in [0.2, 0.25) is 51.1 Å². The van der Waals surface area contributed by atoms with Crippen LogP contribution in [-0.2, 0) is 56.1 Å². The number of nitrogens with one attached hydrogen (secondary N) is 4. The number of nitrogens with zero attached hydrogens (tertiary/aromatic N) is 15. The molecule has 0 spiro atoms. The summed E-state index contributed by atoms with van der Waals surface area (Å²) in [5.74, 6) is -0.848. The van der Waals surface area contributed by atoms with E-state index < -0.39 is 42.0 Å². The number of primary amides is 1. The Bertz CT molecular complexity index is 5220. The number of halogens is 13. The molecule has 31 nitrogen and oxygen atoms in total. The molecule has 0 bridgehead atoms. The number of fused-ring (bicyclic) bond motifs is 1. The first kappa shape index (κ1) is 113. The number of hydrogen-bond donors (Lipinski definition) is 9. The van der Waals surface area contributed by atoms with Crippen molar-refractivity contribution < 1.29 is 88.6 Å². The Morgan fingerprint density at radius 2 is 1.00 bits per heavy atom. The number of ether oxygens (including phenoxy) is 1. The van der Waals surface area contributed by atoms with Gasteiger partial charge in [-0.1, -0.05) is 191 Å². The second kappa shape index (κ2) is 57.2. The van der Waals surface area contributed by atoms with Gasteiger partial charge in [0.1, 0.15) is 62.4 Å². The standard InChI is InChI=1S/C16H15Cl3N4O2.C15H13Cl2N5O2.C10H20N2O2.C9H14N2.C8H13N3.C8H9N3.C6H3Cl3N2O.C4H3Cl2N3.C2H3BF2.FH.K/c1-3-8-5-6-20-11(4-2)12(8)21-16(25)23-15(24)9-7-10(17)14(19)22-13(9)18;1-3-9-11(10(4-2)19-6-18-9)22-13-7(14(23)21-15(22)24)5-8(16)12(17)20-13;1-8-7-12(6-5-11-8)9(13)14-10(2,3)4;1-3-7-5-6-11-8(4-2)9(7)10;2*1-3-6-8(9)7(4-2)11-5-10-6;7-3-1-2(6(10)12)4(8)11-5(3)9;5-3-2(7)4(6)9-1-8-3;1-2-3(4)5;;/h5-7H,3-4H2,1-2H3,(H2,21,23,24,25);5-6H,3-4H2,1-2H3,(H,21,23,24);8,11H,5-7H2,1-4H3;5-6H,3-4,10H2,1-2H3;5H,3-4,9H2,1-2H3;3-5H,1-2,9H2;1H,(H2,10,12);1H,7H2;2H,1H2;1H;/q;;;;;;;;;;+1/p-1/t;;8-;;;;;;;;/m..0......../s1. The second-order valence-electron chi connectivity index (χ2n) is 25.6. The number of piperazine rings is 1.